The molecule has 0 aromatic heterocycles. The van der Waals surface area contributed by atoms with Crippen LogP contribution in [0.15, 0.2) is 71.0 Å². The van der Waals surface area contributed by atoms with Crippen LogP contribution >= 0.6 is 0 Å². The third-order valence-corrected chi connectivity index (χ3v) is 5.18. The molecule has 0 saturated carbocycles. The van der Waals surface area contributed by atoms with Crippen molar-refractivity contribution >= 4 is 28.1 Å². The van der Waals surface area contributed by atoms with E-state index in [-0.39, 0.29) is 0 Å². The fourth-order valence-corrected chi connectivity index (χ4v) is 3.32. The monoisotopic (exact) mass is 426 g/mol. The molecule has 4 nitrogen and oxygen atoms in total. The van der Waals surface area contributed by atoms with Crippen molar-refractivity contribution in [2.75, 3.05) is 0 Å². The first-order chi connectivity index (χ1) is 13.6. The Morgan fingerprint density at radius 2 is 0.966 bits per heavy atom. The highest BCUT2D eigenvalue weighted by molar-refractivity contribution is 6.70. The lowest BCUT2D eigenvalue weighted by atomic mass is 10.0. The summed E-state index contributed by atoms with van der Waals surface area (Å²) in [6.45, 7) is 12.9. The fourth-order valence-electron chi connectivity index (χ4n) is 2.55. The molecular formula is C23H34N2O2Si2. The second-order valence-electron chi connectivity index (χ2n) is 9.07. The highest BCUT2D eigenvalue weighted by atomic mass is 28.4. The van der Waals surface area contributed by atoms with Gasteiger partial charge in [0.05, 0.1) is 11.4 Å². The lowest BCUT2D eigenvalue weighted by Crippen LogP contribution is -2.23. The van der Waals surface area contributed by atoms with Crippen molar-refractivity contribution in [1.82, 2.24) is 0 Å². The molecule has 0 spiro atoms. The van der Waals surface area contributed by atoms with Crippen molar-refractivity contribution in [2.24, 2.45) is 10.3 Å². The van der Waals surface area contributed by atoms with E-state index in [0.29, 0.717) is 0 Å². The van der Waals surface area contributed by atoms with Crippen molar-refractivity contribution < 1.29 is 9.05 Å². The van der Waals surface area contributed by atoms with E-state index >= 15 is 0 Å². The molecule has 0 heterocycles. The van der Waals surface area contributed by atoms with E-state index in [9.17, 15) is 0 Å². The smallest absolute Gasteiger partial charge is 0.278 e. The normalized spacial score (nSPS) is 13.3. The molecule has 0 aliphatic carbocycles. The average molecular weight is 427 g/mol. The summed E-state index contributed by atoms with van der Waals surface area (Å²) in [6, 6.07) is 20.6. The molecule has 0 saturated heterocycles. The summed E-state index contributed by atoms with van der Waals surface area (Å²) >= 11 is 0. The highest BCUT2D eigenvalue weighted by Gasteiger charge is 2.18. The van der Waals surface area contributed by atoms with Crippen LogP contribution in [0.2, 0.25) is 39.3 Å². The maximum absolute atomic E-state index is 5.86. The van der Waals surface area contributed by atoms with Crippen LogP contribution in [0.3, 0.4) is 0 Å². The van der Waals surface area contributed by atoms with Gasteiger partial charge < -0.3 is 9.05 Å². The van der Waals surface area contributed by atoms with Crippen LogP contribution in [0, 0.1) is 0 Å². The van der Waals surface area contributed by atoms with Crippen LogP contribution in [-0.2, 0) is 9.05 Å². The topological polar surface area (TPSA) is 43.2 Å². The summed E-state index contributed by atoms with van der Waals surface area (Å²) in [5.41, 5.74) is 4.21. The van der Waals surface area contributed by atoms with Crippen LogP contribution in [-0.4, -0.2) is 28.1 Å². The SMILES string of the molecule is C[Si](C)(C)ON=C(CCCC(=NO[Si](C)(C)C)c1ccccc1)c1ccccc1. The zero-order chi connectivity index (χ0) is 21.3. The van der Waals surface area contributed by atoms with Gasteiger partial charge in [0.1, 0.15) is 0 Å². The first kappa shape index (κ1) is 23.1. The molecule has 2 rings (SSSR count). The van der Waals surface area contributed by atoms with Gasteiger partial charge in [-0.1, -0.05) is 60.7 Å². The largest absolute Gasteiger partial charge is 0.455 e. The van der Waals surface area contributed by atoms with Gasteiger partial charge in [0.2, 0.25) is 0 Å². The van der Waals surface area contributed by atoms with Gasteiger partial charge in [-0.05, 0) is 69.7 Å². The second-order valence-corrected chi connectivity index (χ2v) is 17.9. The maximum Gasteiger partial charge on any atom is 0.278 e. The lowest BCUT2D eigenvalue weighted by Gasteiger charge is -2.16. The lowest BCUT2D eigenvalue weighted by molar-refractivity contribution is 0.333. The molecule has 156 valence electrons. The summed E-state index contributed by atoms with van der Waals surface area (Å²) in [5.74, 6) is 0. The minimum absolute atomic E-state index is 0.827. The van der Waals surface area contributed by atoms with Gasteiger partial charge in [-0.3, -0.25) is 0 Å². The average Bonchev–Trinajstić information content (AvgIpc) is 2.66. The fraction of sp³-hybridized carbons (Fsp3) is 0.391. The number of nitrogens with zero attached hydrogens (tertiary/aromatic N) is 2. The Morgan fingerprint density at radius 1 is 0.621 bits per heavy atom. The van der Waals surface area contributed by atoms with Crippen molar-refractivity contribution in [3.63, 3.8) is 0 Å². The Bertz CT molecular complexity index is 739. The Labute approximate surface area is 177 Å². The molecule has 29 heavy (non-hydrogen) atoms. The third-order valence-electron chi connectivity index (χ3n) is 3.90. The zero-order valence-corrected chi connectivity index (χ0v) is 20.6. The summed E-state index contributed by atoms with van der Waals surface area (Å²) in [6.07, 6.45) is 2.58. The summed E-state index contributed by atoms with van der Waals surface area (Å²) in [5, 5.41) is 9.07. The molecule has 0 radical (unpaired) electrons. The quantitative estimate of drug-likeness (QED) is 0.242. The van der Waals surface area contributed by atoms with Crippen LogP contribution in [0.4, 0.5) is 0 Å². The van der Waals surface area contributed by atoms with Gasteiger partial charge in [-0.2, -0.15) is 0 Å². The van der Waals surface area contributed by atoms with Crippen LogP contribution in [0.1, 0.15) is 30.4 Å². The Kier molecular flexibility index (Phi) is 8.40. The van der Waals surface area contributed by atoms with E-state index in [1.165, 1.54) is 0 Å². The maximum atomic E-state index is 5.86. The summed E-state index contributed by atoms with van der Waals surface area (Å²) in [4.78, 5) is 0. The van der Waals surface area contributed by atoms with E-state index in [2.05, 4.69) is 73.9 Å². The van der Waals surface area contributed by atoms with Gasteiger partial charge in [-0.25, -0.2) is 0 Å². The van der Waals surface area contributed by atoms with E-state index < -0.39 is 16.6 Å². The number of hydrogen-bond donors (Lipinski definition) is 0. The molecule has 0 bridgehead atoms. The van der Waals surface area contributed by atoms with E-state index in [1.807, 2.05) is 36.4 Å². The Hall–Kier alpha value is -2.19. The second kappa shape index (κ2) is 10.6. The minimum atomic E-state index is -1.73. The third kappa shape index (κ3) is 9.24. The number of benzene rings is 2. The molecule has 6 heteroatoms. The molecule has 2 aromatic carbocycles. The molecule has 0 atom stereocenters. The van der Waals surface area contributed by atoms with Gasteiger partial charge >= 0.3 is 0 Å². The first-order valence-corrected chi connectivity index (χ1v) is 17.1. The van der Waals surface area contributed by atoms with Gasteiger partial charge in [0, 0.05) is 0 Å². The minimum Gasteiger partial charge on any atom is -0.455 e. The van der Waals surface area contributed by atoms with Crippen molar-refractivity contribution in [3.05, 3.63) is 71.8 Å². The van der Waals surface area contributed by atoms with Gasteiger partial charge in [0.25, 0.3) is 16.6 Å². The number of hydrogen-bond acceptors (Lipinski definition) is 4. The molecular weight excluding hydrogens is 392 g/mol. The van der Waals surface area contributed by atoms with Gasteiger partial charge in [-0.15, -0.1) is 10.3 Å². The van der Waals surface area contributed by atoms with E-state index in [4.69, 9.17) is 9.05 Å². The molecule has 2 aromatic rings. The zero-order valence-electron chi connectivity index (χ0n) is 18.6. The van der Waals surface area contributed by atoms with Crippen LogP contribution in [0.5, 0.6) is 0 Å². The number of rotatable bonds is 10. The van der Waals surface area contributed by atoms with Crippen molar-refractivity contribution in [3.8, 4) is 0 Å². The van der Waals surface area contributed by atoms with Crippen molar-refractivity contribution in [2.45, 2.75) is 58.5 Å². The van der Waals surface area contributed by atoms with Crippen LogP contribution < -0.4 is 0 Å². The molecule has 0 unspecified atom stereocenters. The van der Waals surface area contributed by atoms with Gasteiger partial charge in [0.15, 0.2) is 0 Å². The Morgan fingerprint density at radius 3 is 1.28 bits per heavy atom. The predicted molar refractivity (Wildman–Crippen MR) is 129 cm³/mol. The number of oxime groups is 2. The molecule has 0 fully saturated rings. The molecule has 0 aliphatic heterocycles. The highest BCUT2D eigenvalue weighted by Crippen LogP contribution is 2.15. The summed E-state index contributed by atoms with van der Waals surface area (Å²) < 4.78 is 11.7. The molecule has 0 amide bonds. The standard InChI is InChI=1S/C23H34N2O2Si2/c1-28(2,3)26-24-22(20-14-9-7-10-15-20)18-13-19-23(25-27-29(4,5)6)21-16-11-8-12-17-21/h7-12,14-17H,13,18-19H2,1-6H3. The van der Waals surface area contributed by atoms with Crippen molar-refractivity contribution in [1.29, 1.82) is 0 Å². The van der Waals surface area contributed by atoms with E-state index in [0.717, 1.165) is 41.8 Å². The molecule has 0 aliphatic rings. The Balaban J connectivity index is 2.13. The van der Waals surface area contributed by atoms with Crippen LogP contribution in [0.25, 0.3) is 0 Å². The summed E-state index contributed by atoms with van der Waals surface area (Å²) in [7, 11) is -3.45. The first-order valence-electron chi connectivity index (χ1n) is 10.2. The van der Waals surface area contributed by atoms with E-state index in [1.54, 1.807) is 0 Å². The predicted octanol–water partition coefficient (Wildman–Crippen LogP) is 6.67. The molecule has 0 N–H and O–H groups in total.